The summed E-state index contributed by atoms with van der Waals surface area (Å²) in [6.07, 6.45) is 3.61. The molecule has 4 rings (SSSR count). The number of halogens is 1. The Morgan fingerprint density at radius 1 is 1.15 bits per heavy atom. The quantitative estimate of drug-likeness (QED) is 0.629. The summed E-state index contributed by atoms with van der Waals surface area (Å²) < 4.78 is 16.2. The molecular formula is C26H29FN6O. The van der Waals surface area contributed by atoms with Crippen molar-refractivity contribution in [2.75, 3.05) is 44.0 Å². The van der Waals surface area contributed by atoms with Crippen LogP contribution >= 0.6 is 0 Å². The van der Waals surface area contributed by atoms with Crippen molar-refractivity contribution < 1.29 is 4.39 Å². The number of hydrogen-bond donors (Lipinski definition) is 1. The molecule has 1 N–H and O–H groups in total. The summed E-state index contributed by atoms with van der Waals surface area (Å²) in [4.78, 5) is 22.0. The van der Waals surface area contributed by atoms with Crippen molar-refractivity contribution in [2.24, 2.45) is 7.05 Å². The highest BCUT2D eigenvalue weighted by molar-refractivity contribution is 5.83. The molecule has 3 aromatic rings. The van der Waals surface area contributed by atoms with E-state index < -0.39 is 5.82 Å². The average Bonchev–Trinajstić information content (AvgIpc) is 2.85. The second kappa shape index (κ2) is 9.65. The summed E-state index contributed by atoms with van der Waals surface area (Å²) in [5.41, 5.74) is 3.21. The first-order chi connectivity index (χ1) is 16.3. The van der Waals surface area contributed by atoms with E-state index in [0.29, 0.717) is 23.0 Å². The number of nitrogens with zero attached hydrogens (tertiary/aromatic N) is 5. The van der Waals surface area contributed by atoms with Gasteiger partial charge in [-0.05, 0) is 55.8 Å². The molecule has 8 heteroatoms. The van der Waals surface area contributed by atoms with E-state index in [1.165, 1.54) is 12.1 Å². The van der Waals surface area contributed by atoms with Crippen molar-refractivity contribution in [1.82, 2.24) is 14.9 Å². The summed E-state index contributed by atoms with van der Waals surface area (Å²) in [5, 5.41) is 12.5. The van der Waals surface area contributed by atoms with Gasteiger partial charge in [0, 0.05) is 57.6 Å². The first kappa shape index (κ1) is 23.5. The topological polar surface area (TPSA) is 77.2 Å². The van der Waals surface area contributed by atoms with E-state index in [-0.39, 0.29) is 11.1 Å². The summed E-state index contributed by atoms with van der Waals surface area (Å²) in [5.74, 6) is 0.209. The number of pyridine rings is 2. The van der Waals surface area contributed by atoms with Crippen molar-refractivity contribution in [3.8, 4) is 28.5 Å². The molecule has 7 nitrogen and oxygen atoms in total. The molecule has 34 heavy (non-hydrogen) atoms. The predicted molar refractivity (Wildman–Crippen MR) is 134 cm³/mol. The van der Waals surface area contributed by atoms with Gasteiger partial charge in [0.05, 0.1) is 11.3 Å². The molecule has 3 heterocycles. The minimum atomic E-state index is -0.586. The maximum absolute atomic E-state index is 14.6. The van der Waals surface area contributed by atoms with Crippen LogP contribution in [0.4, 0.5) is 15.9 Å². The Bertz CT molecular complexity index is 1280. The van der Waals surface area contributed by atoms with Crippen LogP contribution in [-0.2, 0) is 7.05 Å². The van der Waals surface area contributed by atoms with Gasteiger partial charge in [-0.1, -0.05) is 6.07 Å². The smallest absolute Gasteiger partial charge is 0.274 e. The molecule has 176 valence electrons. The highest BCUT2D eigenvalue weighted by Crippen LogP contribution is 2.34. The van der Waals surface area contributed by atoms with Crippen LogP contribution in [0.2, 0.25) is 0 Å². The fraction of sp³-hybridized carbons (Fsp3) is 0.346. The van der Waals surface area contributed by atoms with Gasteiger partial charge >= 0.3 is 0 Å². The van der Waals surface area contributed by atoms with E-state index in [2.05, 4.69) is 15.2 Å². The Balaban J connectivity index is 1.90. The first-order valence-electron chi connectivity index (χ1n) is 11.3. The SMILES string of the molecule is CNC1CCN(c2cc(-c3ccc(C#N)c(F)c3)c(-c3ccc(N(C)C)nc3)n(C)c2=O)CC1. The van der Waals surface area contributed by atoms with Crippen LogP contribution in [0.3, 0.4) is 0 Å². The predicted octanol–water partition coefficient (Wildman–Crippen LogP) is 3.38. The second-order valence-electron chi connectivity index (χ2n) is 8.81. The normalized spacial score (nSPS) is 14.2. The van der Waals surface area contributed by atoms with Gasteiger partial charge in [0.25, 0.3) is 5.56 Å². The third kappa shape index (κ3) is 4.39. The van der Waals surface area contributed by atoms with Gasteiger partial charge in [-0.3, -0.25) is 4.79 Å². The molecule has 0 aliphatic carbocycles. The van der Waals surface area contributed by atoms with Crippen LogP contribution in [0.15, 0.2) is 47.4 Å². The maximum Gasteiger partial charge on any atom is 0.274 e. The summed E-state index contributed by atoms with van der Waals surface area (Å²) in [6, 6.07) is 12.5. The van der Waals surface area contributed by atoms with Gasteiger partial charge in [0.2, 0.25) is 0 Å². The van der Waals surface area contributed by atoms with Crippen LogP contribution in [-0.4, -0.2) is 49.8 Å². The molecule has 0 saturated carbocycles. The molecule has 0 unspecified atom stereocenters. The fourth-order valence-corrected chi connectivity index (χ4v) is 4.49. The number of hydrogen-bond acceptors (Lipinski definition) is 6. The zero-order chi connectivity index (χ0) is 24.4. The molecule has 2 aromatic heterocycles. The number of rotatable bonds is 5. The second-order valence-corrected chi connectivity index (χ2v) is 8.81. The number of nitrogens with one attached hydrogen (secondary N) is 1. The number of benzene rings is 1. The Hall–Kier alpha value is -3.70. The zero-order valence-corrected chi connectivity index (χ0v) is 20.0. The molecule has 1 aromatic carbocycles. The highest BCUT2D eigenvalue weighted by Gasteiger charge is 2.24. The maximum atomic E-state index is 14.6. The van der Waals surface area contributed by atoms with Crippen LogP contribution in [0.25, 0.3) is 22.4 Å². The fourth-order valence-electron chi connectivity index (χ4n) is 4.49. The molecular weight excluding hydrogens is 431 g/mol. The molecule has 0 amide bonds. The molecule has 0 bridgehead atoms. The van der Waals surface area contributed by atoms with Gasteiger partial charge in [-0.15, -0.1) is 0 Å². The van der Waals surface area contributed by atoms with E-state index in [1.807, 2.05) is 50.3 Å². The third-order valence-corrected chi connectivity index (χ3v) is 6.52. The van der Waals surface area contributed by atoms with Gasteiger partial charge < -0.3 is 19.7 Å². The Kier molecular flexibility index (Phi) is 6.66. The molecule has 1 aliphatic heterocycles. The highest BCUT2D eigenvalue weighted by atomic mass is 19.1. The van der Waals surface area contributed by atoms with E-state index >= 15 is 0 Å². The monoisotopic (exact) mass is 460 g/mol. The lowest BCUT2D eigenvalue weighted by atomic mass is 9.97. The van der Waals surface area contributed by atoms with Crippen LogP contribution in [0.5, 0.6) is 0 Å². The van der Waals surface area contributed by atoms with E-state index in [0.717, 1.165) is 42.9 Å². The van der Waals surface area contributed by atoms with E-state index in [4.69, 9.17) is 5.26 Å². The van der Waals surface area contributed by atoms with Gasteiger partial charge in [0.1, 0.15) is 23.4 Å². The van der Waals surface area contributed by atoms with Crippen molar-refractivity contribution in [3.05, 3.63) is 64.3 Å². The minimum Gasteiger partial charge on any atom is -0.367 e. The lowest BCUT2D eigenvalue weighted by molar-refractivity contribution is 0.441. The van der Waals surface area contributed by atoms with Crippen LogP contribution < -0.4 is 20.7 Å². The number of piperidine rings is 1. The van der Waals surface area contributed by atoms with Crippen molar-refractivity contribution in [3.63, 3.8) is 0 Å². The van der Waals surface area contributed by atoms with Crippen LogP contribution in [0.1, 0.15) is 18.4 Å². The molecule has 1 fully saturated rings. The molecule has 0 atom stereocenters. The number of nitriles is 1. The van der Waals surface area contributed by atoms with Crippen molar-refractivity contribution >= 4 is 11.5 Å². The Morgan fingerprint density at radius 2 is 1.85 bits per heavy atom. The summed E-state index contributed by atoms with van der Waals surface area (Å²) >= 11 is 0. The third-order valence-electron chi connectivity index (χ3n) is 6.52. The minimum absolute atomic E-state index is 0.0125. The lowest BCUT2D eigenvalue weighted by Crippen LogP contribution is -2.43. The van der Waals surface area contributed by atoms with E-state index in [9.17, 15) is 9.18 Å². The Morgan fingerprint density at radius 3 is 2.41 bits per heavy atom. The number of anilines is 2. The largest absolute Gasteiger partial charge is 0.367 e. The van der Waals surface area contributed by atoms with Crippen molar-refractivity contribution in [2.45, 2.75) is 18.9 Å². The lowest BCUT2D eigenvalue weighted by Gasteiger charge is -2.33. The number of aromatic nitrogens is 2. The van der Waals surface area contributed by atoms with E-state index in [1.54, 1.807) is 23.9 Å². The molecule has 1 aliphatic rings. The van der Waals surface area contributed by atoms with Gasteiger partial charge in [0.15, 0.2) is 0 Å². The molecule has 0 radical (unpaired) electrons. The Labute approximate surface area is 199 Å². The average molecular weight is 461 g/mol. The van der Waals surface area contributed by atoms with Crippen LogP contribution in [0, 0.1) is 17.1 Å². The summed E-state index contributed by atoms with van der Waals surface area (Å²) in [7, 11) is 7.52. The van der Waals surface area contributed by atoms with Gasteiger partial charge in [-0.25, -0.2) is 9.37 Å². The summed E-state index contributed by atoms with van der Waals surface area (Å²) in [6.45, 7) is 1.53. The first-order valence-corrected chi connectivity index (χ1v) is 11.3. The van der Waals surface area contributed by atoms with Gasteiger partial charge in [-0.2, -0.15) is 5.26 Å². The van der Waals surface area contributed by atoms with Crippen molar-refractivity contribution in [1.29, 1.82) is 5.26 Å². The zero-order valence-electron chi connectivity index (χ0n) is 20.0. The molecule has 1 saturated heterocycles. The molecule has 0 spiro atoms. The standard InChI is InChI=1S/C26H29FN6O/c1-29-20-9-11-33(12-10-20)23-14-21(17-5-6-18(15-28)22(27)13-17)25(32(4)26(23)34)19-7-8-24(30-16-19)31(2)3/h5-8,13-14,16,20,29H,9-12H2,1-4H3.